The van der Waals surface area contributed by atoms with Crippen LogP contribution in [0.5, 0.6) is 0 Å². The molecule has 1 saturated heterocycles. The summed E-state index contributed by atoms with van der Waals surface area (Å²) < 4.78 is 11.3. The number of carbonyl (C=O) groups is 1. The van der Waals surface area contributed by atoms with Gasteiger partial charge in [-0.25, -0.2) is 0 Å². The lowest BCUT2D eigenvalue weighted by molar-refractivity contribution is -0.302. The third kappa shape index (κ3) is 42.7. The van der Waals surface area contributed by atoms with E-state index in [0.29, 0.717) is 6.42 Å². The van der Waals surface area contributed by atoms with Crippen LogP contribution in [0.3, 0.4) is 0 Å². The molecule has 9 nitrogen and oxygen atoms in total. The highest BCUT2D eigenvalue weighted by molar-refractivity contribution is 5.76. The van der Waals surface area contributed by atoms with Crippen molar-refractivity contribution in [1.29, 1.82) is 0 Å². The van der Waals surface area contributed by atoms with Gasteiger partial charge < -0.3 is 40.3 Å². The fourth-order valence-electron chi connectivity index (χ4n) is 9.63. The Balaban J connectivity index is 2.22. The SMILES string of the molecule is CCCCCCC/C=C\C/C=C\CCCCCCCCCCCCCCCCCC(=O)NC(COC1OC(CO)C(O)C(O)C1O)C(O)/C=C/CC/C=C/CC/C=C/CCCCCCCCCCCCCCC. The van der Waals surface area contributed by atoms with Crippen molar-refractivity contribution in [2.75, 3.05) is 13.2 Å². The quantitative estimate of drug-likeness (QED) is 0.0261. The number of aliphatic hydroxyl groups excluding tert-OH is 5. The zero-order valence-electron chi connectivity index (χ0n) is 47.4. The molecule has 7 atom stereocenters. The van der Waals surface area contributed by atoms with E-state index >= 15 is 0 Å². The lowest BCUT2D eigenvalue weighted by Gasteiger charge is -2.40. The van der Waals surface area contributed by atoms with Gasteiger partial charge in [0.05, 0.1) is 25.4 Å². The average molecular weight is 1030 g/mol. The molecule has 6 N–H and O–H groups in total. The Labute approximate surface area is 449 Å². The highest BCUT2D eigenvalue weighted by Crippen LogP contribution is 2.23. The van der Waals surface area contributed by atoms with Crippen LogP contribution >= 0.6 is 0 Å². The standard InChI is InChI=1S/C64H117NO8/c1-3-5-7-9-11-13-15-17-19-21-23-25-27-28-29-30-32-34-36-38-40-42-44-46-48-50-52-54-60(68)65-57(56-72-64-63(71)62(70)61(69)59(55-66)73-64)58(67)53-51-49-47-45-43-41-39-37-35-33-31-26-24-22-20-18-16-14-12-10-8-6-4-2/h15,17,21,23,35,37,43,45,51,53,57-59,61-64,66-67,69-71H,3-14,16,18-20,22,24-34,36,38-42,44,46-50,52,54-56H2,1-2H3,(H,65,68)/b17-15-,23-21-,37-35+,45-43+,53-51+. The van der Waals surface area contributed by atoms with Crippen LogP contribution in [-0.4, -0.2) is 87.5 Å². The summed E-state index contributed by atoms with van der Waals surface area (Å²) in [6, 6.07) is -0.831. The van der Waals surface area contributed by atoms with Gasteiger partial charge in [0.2, 0.25) is 5.91 Å². The number of hydrogen-bond acceptors (Lipinski definition) is 8. The number of amides is 1. The molecule has 1 heterocycles. The Hall–Kier alpha value is -2.11. The van der Waals surface area contributed by atoms with Crippen LogP contribution in [0.2, 0.25) is 0 Å². The minimum absolute atomic E-state index is 0.189. The van der Waals surface area contributed by atoms with Crippen molar-refractivity contribution in [3.63, 3.8) is 0 Å². The summed E-state index contributed by atoms with van der Waals surface area (Å²) in [5.74, 6) is -0.189. The smallest absolute Gasteiger partial charge is 0.220 e. The maximum Gasteiger partial charge on any atom is 0.220 e. The number of unbranched alkanes of at least 4 members (excludes halogenated alkanes) is 35. The van der Waals surface area contributed by atoms with Crippen molar-refractivity contribution in [3.05, 3.63) is 60.8 Å². The Kier molecular flexibility index (Phi) is 50.3. The first kappa shape index (κ1) is 68.9. The number of carbonyl (C=O) groups excluding carboxylic acids is 1. The molecule has 0 aromatic heterocycles. The maximum atomic E-state index is 13.1. The highest BCUT2D eigenvalue weighted by Gasteiger charge is 2.44. The molecule has 1 aliphatic heterocycles. The van der Waals surface area contributed by atoms with Gasteiger partial charge in [-0.15, -0.1) is 0 Å². The normalized spacial score (nSPS) is 19.5. The summed E-state index contributed by atoms with van der Waals surface area (Å²) in [5.41, 5.74) is 0. The first-order valence-electron chi connectivity index (χ1n) is 31.0. The summed E-state index contributed by atoms with van der Waals surface area (Å²) in [7, 11) is 0. The predicted molar refractivity (Wildman–Crippen MR) is 309 cm³/mol. The van der Waals surface area contributed by atoms with E-state index in [0.717, 1.165) is 51.4 Å². The predicted octanol–water partition coefficient (Wildman–Crippen LogP) is 15.9. The summed E-state index contributed by atoms with van der Waals surface area (Å²) in [6.07, 6.45) is 65.8. The molecule has 1 fully saturated rings. The highest BCUT2D eigenvalue weighted by atomic mass is 16.7. The van der Waals surface area contributed by atoms with E-state index in [1.54, 1.807) is 6.08 Å². The maximum absolute atomic E-state index is 13.1. The van der Waals surface area contributed by atoms with E-state index in [1.165, 1.54) is 212 Å². The first-order valence-corrected chi connectivity index (χ1v) is 31.0. The van der Waals surface area contributed by atoms with Gasteiger partial charge in [0.15, 0.2) is 6.29 Å². The van der Waals surface area contributed by atoms with Gasteiger partial charge in [0.1, 0.15) is 24.4 Å². The van der Waals surface area contributed by atoms with Crippen molar-refractivity contribution >= 4 is 5.91 Å². The molecule has 0 aromatic carbocycles. The Morgan fingerprint density at radius 1 is 0.466 bits per heavy atom. The molecule has 0 saturated carbocycles. The van der Waals surface area contributed by atoms with Crippen molar-refractivity contribution < 1.29 is 39.8 Å². The Morgan fingerprint density at radius 3 is 1.23 bits per heavy atom. The van der Waals surface area contributed by atoms with Crippen molar-refractivity contribution in [2.45, 2.75) is 326 Å². The van der Waals surface area contributed by atoms with Crippen LogP contribution in [-0.2, 0) is 14.3 Å². The van der Waals surface area contributed by atoms with Crippen molar-refractivity contribution in [1.82, 2.24) is 5.32 Å². The summed E-state index contributed by atoms with van der Waals surface area (Å²) >= 11 is 0. The van der Waals surface area contributed by atoms with E-state index in [9.17, 15) is 30.3 Å². The van der Waals surface area contributed by atoms with Crippen LogP contribution in [0, 0.1) is 0 Å². The van der Waals surface area contributed by atoms with Gasteiger partial charge in [-0.1, -0.05) is 261 Å². The van der Waals surface area contributed by atoms with E-state index < -0.39 is 49.5 Å². The molecule has 0 bridgehead atoms. The van der Waals surface area contributed by atoms with Gasteiger partial charge >= 0.3 is 0 Å². The molecular formula is C64H117NO8. The van der Waals surface area contributed by atoms with Gasteiger partial charge in [-0.2, -0.15) is 0 Å². The number of rotatable bonds is 53. The fourth-order valence-corrected chi connectivity index (χ4v) is 9.63. The molecule has 0 spiro atoms. The van der Waals surface area contributed by atoms with Crippen LogP contribution in [0.4, 0.5) is 0 Å². The van der Waals surface area contributed by atoms with Crippen LogP contribution in [0.25, 0.3) is 0 Å². The lowest BCUT2D eigenvalue weighted by atomic mass is 9.99. The minimum atomic E-state index is -1.58. The molecule has 1 aliphatic rings. The molecule has 1 rings (SSSR count). The number of nitrogens with one attached hydrogen (secondary N) is 1. The third-order valence-electron chi connectivity index (χ3n) is 14.5. The molecule has 0 aromatic rings. The van der Waals surface area contributed by atoms with Gasteiger partial charge in [-0.3, -0.25) is 4.79 Å². The van der Waals surface area contributed by atoms with Crippen LogP contribution in [0.1, 0.15) is 284 Å². The van der Waals surface area contributed by atoms with E-state index in [2.05, 4.69) is 67.8 Å². The number of allylic oxidation sites excluding steroid dienone is 9. The molecule has 0 radical (unpaired) electrons. The number of ether oxygens (including phenoxy) is 2. The molecule has 1 amide bonds. The minimum Gasteiger partial charge on any atom is -0.394 e. The van der Waals surface area contributed by atoms with Crippen molar-refractivity contribution in [3.8, 4) is 0 Å². The number of aliphatic hydroxyl groups is 5. The molecule has 73 heavy (non-hydrogen) atoms. The van der Waals surface area contributed by atoms with Gasteiger partial charge in [0, 0.05) is 6.42 Å². The zero-order chi connectivity index (χ0) is 52.9. The van der Waals surface area contributed by atoms with E-state index in [1.807, 2.05) is 6.08 Å². The second-order valence-corrected chi connectivity index (χ2v) is 21.5. The molecule has 0 aliphatic carbocycles. The van der Waals surface area contributed by atoms with E-state index in [-0.39, 0.29) is 12.5 Å². The Bertz CT molecular complexity index is 1330. The molecular weight excluding hydrogens is 911 g/mol. The van der Waals surface area contributed by atoms with Crippen LogP contribution < -0.4 is 5.32 Å². The lowest BCUT2D eigenvalue weighted by Crippen LogP contribution is -2.60. The second-order valence-electron chi connectivity index (χ2n) is 21.5. The van der Waals surface area contributed by atoms with Crippen molar-refractivity contribution in [2.24, 2.45) is 0 Å². The molecule has 9 heteroatoms. The topological polar surface area (TPSA) is 149 Å². The van der Waals surface area contributed by atoms with Gasteiger partial charge in [-0.05, 0) is 77.0 Å². The fraction of sp³-hybridized carbons (Fsp3) is 0.828. The second kappa shape index (κ2) is 53.3. The largest absolute Gasteiger partial charge is 0.394 e. The Morgan fingerprint density at radius 2 is 0.822 bits per heavy atom. The zero-order valence-corrected chi connectivity index (χ0v) is 47.4. The van der Waals surface area contributed by atoms with E-state index in [4.69, 9.17) is 9.47 Å². The van der Waals surface area contributed by atoms with Crippen LogP contribution in [0.15, 0.2) is 60.8 Å². The molecule has 7 unspecified atom stereocenters. The number of hydrogen-bond donors (Lipinski definition) is 6. The summed E-state index contributed by atoms with van der Waals surface area (Å²) in [6.45, 7) is 3.77. The first-order chi connectivity index (χ1) is 35.8. The average Bonchev–Trinajstić information content (AvgIpc) is 3.39. The summed E-state index contributed by atoms with van der Waals surface area (Å²) in [4.78, 5) is 13.1. The molecule has 426 valence electrons. The summed E-state index contributed by atoms with van der Waals surface area (Å²) in [5, 5.41) is 54.6. The van der Waals surface area contributed by atoms with Gasteiger partial charge in [0.25, 0.3) is 0 Å². The monoisotopic (exact) mass is 1030 g/mol. The third-order valence-corrected chi connectivity index (χ3v) is 14.5.